The molecule has 1 N–H and O–H groups in total. The van der Waals surface area contributed by atoms with Crippen LogP contribution in [0.2, 0.25) is 0 Å². The van der Waals surface area contributed by atoms with Gasteiger partial charge in [-0.05, 0) is 18.9 Å². The molecule has 0 aromatic rings. The normalized spacial score (nSPS) is 13.1. The van der Waals surface area contributed by atoms with Crippen LogP contribution in [-0.2, 0) is 4.74 Å². The van der Waals surface area contributed by atoms with Crippen molar-refractivity contribution in [2.24, 2.45) is 5.92 Å². The van der Waals surface area contributed by atoms with Gasteiger partial charge >= 0.3 is 0 Å². The van der Waals surface area contributed by atoms with E-state index in [-0.39, 0.29) is 0 Å². The lowest BCUT2D eigenvalue weighted by Crippen LogP contribution is -2.20. The van der Waals surface area contributed by atoms with Crippen molar-refractivity contribution in [2.75, 3.05) is 26.8 Å². The first-order valence-electron chi connectivity index (χ1n) is 6.00. The Kier molecular flexibility index (Phi) is 10.9. The van der Waals surface area contributed by atoms with Gasteiger partial charge in [0, 0.05) is 13.7 Å². The van der Waals surface area contributed by atoms with E-state index < -0.39 is 0 Å². The Hall–Kier alpha value is -0.0800. The Bertz CT molecular complexity index is 106. The van der Waals surface area contributed by atoms with Crippen LogP contribution >= 0.6 is 0 Å². The topological polar surface area (TPSA) is 21.3 Å². The van der Waals surface area contributed by atoms with E-state index in [0.29, 0.717) is 0 Å². The van der Waals surface area contributed by atoms with E-state index in [4.69, 9.17) is 4.74 Å². The summed E-state index contributed by atoms with van der Waals surface area (Å²) >= 11 is 0. The highest BCUT2D eigenvalue weighted by molar-refractivity contribution is 4.54. The van der Waals surface area contributed by atoms with E-state index in [9.17, 15) is 0 Å². The van der Waals surface area contributed by atoms with Gasteiger partial charge in [-0.15, -0.1) is 0 Å². The highest BCUT2D eigenvalue weighted by Crippen LogP contribution is 2.12. The summed E-state index contributed by atoms with van der Waals surface area (Å²) in [5.74, 6) is 0.916. The number of nitrogens with one attached hydrogen (secondary N) is 1. The molecule has 14 heavy (non-hydrogen) atoms. The summed E-state index contributed by atoms with van der Waals surface area (Å²) in [7, 11) is 1.74. The molecule has 1 atom stereocenters. The maximum atomic E-state index is 4.96. The molecule has 0 bridgehead atoms. The zero-order chi connectivity index (χ0) is 10.6. The van der Waals surface area contributed by atoms with Crippen molar-refractivity contribution in [3.63, 3.8) is 0 Å². The van der Waals surface area contributed by atoms with Crippen LogP contribution in [0.15, 0.2) is 0 Å². The monoisotopic (exact) mass is 201 g/mol. The second-order valence-electron chi connectivity index (χ2n) is 4.13. The number of methoxy groups -OCH3 is 1. The molecule has 0 spiro atoms. The molecule has 2 nitrogen and oxygen atoms in total. The van der Waals surface area contributed by atoms with Crippen molar-refractivity contribution in [2.45, 2.75) is 46.0 Å². The molecule has 1 unspecified atom stereocenters. The molecule has 0 aromatic heterocycles. The molecular formula is C12H27NO. The summed E-state index contributed by atoms with van der Waals surface area (Å²) in [4.78, 5) is 0. The molecule has 2 heteroatoms. The summed E-state index contributed by atoms with van der Waals surface area (Å²) < 4.78 is 4.96. The van der Waals surface area contributed by atoms with Crippen LogP contribution in [-0.4, -0.2) is 26.8 Å². The first kappa shape index (κ1) is 13.9. The van der Waals surface area contributed by atoms with Gasteiger partial charge in [-0.1, -0.05) is 39.5 Å². The first-order chi connectivity index (χ1) is 6.81. The molecule has 0 aliphatic rings. The van der Waals surface area contributed by atoms with Crippen molar-refractivity contribution < 1.29 is 4.74 Å². The number of hydrogen-bond donors (Lipinski definition) is 1. The predicted molar refractivity (Wildman–Crippen MR) is 62.7 cm³/mol. The molecule has 0 radical (unpaired) electrons. The van der Waals surface area contributed by atoms with Crippen molar-refractivity contribution >= 4 is 0 Å². The largest absolute Gasteiger partial charge is 0.383 e. The first-order valence-corrected chi connectivity index (χ1v) is 6.00. The molecule has 0 saturated carbocycles. The van der Waals surface area contributed by atoms with Crippen LogP contribution in [0, 0.1) is 5.92 Å². The lowest BCUT2D eigenvalue weighted by Gasteiger charge is -2.09. The molecule has 0 saturated heterocycles. The van der Waals surface area contributed by atoms with E-state index in [1.54, 1.807) is 7.11 Å². The third-order valence-corrected chi connectivity index (χ3v) is 2.56. The maximum Gasteiger partial charge on any atom is 0.0587 e. The highest BCUT2D eigenvalue weighted by atomic mass is 16.5. The molecular weight excluding hydrogens is 174 g/mol. The predicted octanol–water partition coefficient (Wildman–Crippen LogP) is 2.83. The van der Waals surface area contributed by atoms with Crippen molar-refractivity contribution in [3.05, 3.63) is 0 Å². The SMILES string of the molecule is CCCC(C)CCCCNCCOC. The van der Waals surface area contributed by atoms with Gasteiger partial charge in [0.1, 0.15) is 0 Å². The molecule has 0 aromatic carbocycles. The minimum Gasteiger partial charge on any atom is -0.383 e. The van der Waals surface area contributed by atoms with E-state index in [1.807, 2.05) is 0 Å². The summed E-state index contributed by atoms with van der Waals surface area (Å²) in [6.45, 7) is 7.58. The van der Waals surface area contributed by atoms with E-state index in [2.05, 4.69) is 19.2 Å². The fourth-order valence-corrected chi connectivity index (χ4v) is 1.68. The number of ether oxygens (including phenoxy) is 1. The van der Waals surface area contributed by atoms with Gasteiger partial charge in [0.15, 0.2) is 0 Å². The van der Waals surface area contributed by atoms with Gasteiger partial charge < -0.3 is 10.1 Å². The average molecular weight is 201 g/mol. The minimum atomic E-state index is 0.826. The maximum absolute atomic E-state index is 4.96. The van der Waals surface area contributed by atoms with Gasteiger partial charge in [0.05, 0.1) is 6.61 Å². The number of hydrogen-bond acceptors (Lipinski definition) is 2. The fourth-order valence-electron chi connectivity index (χ4n) is 1.68. The van der Waals surface area contributed by atoms with Crippen molar-refractivity contribution in [1.82, 2.24) is 5.32 Å². The lowest BCUT2D eigenvalue weighted by atomic mass is 9.99. The van der Waals surface area contributed by atoms with Gasteiger partial charge in [-0.2, -0.15) is 0 Å². The quantitative estimate of drug-likeness (QED) is 0.549. The third-order valence-electron chi connectivity index (χ3n) is 2.56. The smallest absolute Gasteiger partial charge is 0.0587 e. The van der Waals surface area contributed by atoms with Crippen LogP contribution in [0.1, 0.15) is 46.0 Å². The Balaban J connectivity index is 2.98. The van der Waals surface area contributed by atoms with Crippen molar-refractivity contribution in [1.29, 1.82) is 0 Å². The fraction of sp³-hybridized carbons (Fsp3) is 1.00. The zero-order valence-corrected chi connectivity index (χ0v) is 10.1. The highest BCUT2D eigenvalue weighted by Gasteiger charge is 1.99. The molecule has 0 aliphatic heterocycles. The molecule has 0 amide bonds. The van der Waals surface area contributed by atoms with Gasteiger partial charge in [0.2, 0.25) is 0 Å². The van der Waals surface area contributed by atoms with Crippen molar-refractivity contribution in [3.8, 4) is 0 Å². The summed E-state index contributed by atoms with van der Waals surface area (Å²) in [5.41, 5.74) is 0. The average Bonchev–Trinajstić information content (AvgIpc) is 2.17. The summed E-state index contributed by atoms with van der Waals surface area (Å²) in [5, 5.41) is 3.37. The molecule has 0 heterocycles. The Labute approximate surface area is 89.4 Å². The standard InChI is InChI=1S/C12H27NO/c1-4-7-12(2)8-5-6-9-13-10-11-14-3/h12-13H,4-11H2,1-3H3. The summed E-state index contributed by atoms with van der Waals surface area (Å²) in [6.07, 6.45) is 6.77. The summed E-state index contributed by atoms with van der Waals surface area (Å²) in [6, 6.07) is 0. The zero-order valence-electron chi connectivity index (χ0n) is 10.1. The lowest BCUT2D eigenvalue weighted by molar-refractivity contribution is 0.199. The van der Waals surface area contributed by atoms with Gasteiger partial charge in [0.25, 0.3) is 0 Å². The van der Waals surface area contributed by atoms with E-state index in [1.165, 1.54) is 32.1 Å². The van der Waals surface area contributed by atoms with Crippen LogP contribution in [0.25, 0.3) is 0 Å². The van der Waals surface area contributed by atoms with Gasteiger partial charge in [-0.25, -0.2) is 0 Å². The number of rotatable bonds is 10. The Morgan fingerprint density at radius 2 is 1.93 bits per heavy atom. The second-order valence-corrected chi connectivity index (χ2v) is 4.13. The molecule has 0 rings (SSSR count). The Morgan fingerprint density at radius 1 is 1.14 bits per heavy atom. The van der Waals surface area contributed by atoms with Crippen LogP contribution in [0.4, 0.5) is 0 Å². The Morgan fingerprint density at radius 3 is 2.57 bits per heavy atom. The number of unbranched alkanes of at least 4 members (excludes halogenated alkanes) is 1. The molecule has 86 valence electrons. The van der Waals surface area contributed by atoms with Crippen LogP contribution in [0.5, 0.6) is 0 Å². The van der Waals surface area contributed by atoms with E-state index in [0.717, 1.165) is 25.6 Å². The van der Waals surface area contributed by atoms with Gasteiger partial charge in [-0.3, -0.25) is 0 Å². The minimum absolute atomic E-state index is 0.826. The second kappa shape index (κ2) is 11.0. The third kappa shape index (κ3) is 10.0. The van der Waals surface area contributed by atoms with Crippen LogP contribution < -0.4 is 5.32 Å². The van der Waals surface area contributed by atoms with E-state index >= 15 is 0 Å². The molecule has 0 fully saturated rings. The molecule has 0 aliphatic carbocycles. The van der Waals surface area contributed by atoms with Crippen LogP contribution in [0.3, 0.4) is 0 Å².